The van der Waals surface area contributed by atoms with Gasteiger partial charge in [-0.2, -0.15) is 0 Å². The van der Waals surface area contributed by atoms with Gasteiger partial charge < -0.3 is 5.32 Å². The lowest BCUT2D eigenvalue weighted by Crippen LogP contribution is -2.57. The third-order valence-corrected chi connectivity index (χ3v) is 4.64. The summed E-state index contributed by atoms with van der Waals surface area (Å²) in [4.78, 5) is 2.64. The number of hydrogen-bond donors (Lipinski definition) is 1. The van der Waals surface area contributed by atoms with Crippen molar-refractivity contribution >= 4 is 0 Å². The molecule has 1 atom stereocenters. The molecule has 0 aliphatic carbocycles. The van der Waals surface area contributed by atoms with E-state index < -0.39 is 0 Å². The quantitative estimate of drug-likeness (QED) is 0.875. The fourth-order valence-corrected chi connectivity index (χ4v) is 3.29. The number of nitrogens with one attached hydrogen (secondary N) is 1. The molecule has 1 fully saturated rings. The van der Waals surface area contributed by atoms with Gasteiger partial charge in [0.15, 0.2) is 0 Å². The van der Waals surface area contributed by atoms with Gasteiger partial charge in [-0.05, 0) is 65.7 Å². The molecule has 1 saturated heterocycles. The summed E-state index contributed by atoms with van der Waals surface area (Å²) < 4.78 is 0. The van der Waals surface area contributed by atoms with E-state index in [-0.39, 0.29) is 5.54 Å². The second-order valence-electron chi connectivity index (χ2n) is 6.38. The molecule has 0 bridgehead atoms. The molecule has 0 spiro atoms. The molecule has 1 aliphatic heterocycles. The van der Waals surface area contributed by atoms with Crippen LogP contribution in [0.1, 0.15) is 37.8 Å². The molecule has 2 heteroatoms. The highest BCUT2D eigenvalue weighted by atomic mass is 15.2. The molecule has 1 aromatic rings. The molecule has 106 valence electrons. The van der Waals surface area contributed by atoms with Crippen LogP contribution in [0, 0.1) is 6.92 Å². The fraction of sp³-hybridized carbons (Fsp3) is 0.647. The van der Waals surface area contributed by atoms with E-state index in [1.807, 2.05) is 0 Å². The molecule has 2 rings (SSSR count). The van der Waals surface area contributed by atoms with Crippen molar-refractivity contribution in [1.82, 2.24) is 10.2 Å². The van der Waals surface area contributed by atoms with Crippen LogP contribution in [-0.2, 0) is 6.42 Å². The Morgan fingerprint density at radius 3 is 2.53 bits per heavy atom. The molecule has 1 unspecified atom stereocenters. The highest BCUT2D eigenvalue weighted by Crippen LogP contribution is 2.26. The van der Waals surface area contributed by atoms with Crippen LogP contribution in [0.2, 0.25) is 0 Å². The topological polar surface area (TPSA) is 15.3 Å². The minimum absolute atomic E-state index is 0.217. The summed E-state index contributed by atoms with van der Waals surface area (Å²) >= 11 is 0. The molecule has 1 N–H and O–H groups in total. The lowest BCUT2D eigenvalue weighted by Gasteiger charge is -2.42. The summed E-state index contributed by atoms with van der Waals surface area (Å²) in [6, 6.07) is 9.39. The van der Waals surface area contributed by atoms with Gasteiger partial charge in [-0.15, -0.1) is 0 Å². The van der Waals surface area contributed by atoms with Crippen molar-refractivity contribution in [2.24, 2.45) is 0 Å². The molecule has 0 radical (unpaired) electrons. The second kappa shape index (κ2) is 6.06. The van der Waals surface area contributed by atoms with E-state index in [9.17, 15) is 0 Å². The zero-order valence-corrected chi connectivity index (χ0v) is 12.9. The summed E-state index contributed by atoms with van der Waals surface area (Å²) in [5.74, 6) is 0. The predicted molar refractivity (Wildman–Crippen MR) is 82.6 cm³/mol. The standard InChI is InChI=1S/C17H28N2/c1-14-8-7-9-15(12-14)13-16(18-4)17(2,3)19-10-5-6-11-19/h7-9,12,16,18H,5-6,10-11,13H2,1-4H3. The first-order valence-electron chi connectivity index (χ1n) is 7.52. The Morgan fingerprint density at radius 2 is 1.95 bits per heavy atom. The van der Waals surface area contributed by atoms with Gasteiger partial charge in [0.1, 0.15) is 0 Å². The summed E-state index contributed by atoms with van der Waals surface area (Å²) in [5, 5.41) is 3.55. The molecule has 1 aromatic carbocycles. The van der Waals surface area contributed by atoms with E-state index >= 15 is 0 Å². The van der Waals surface area contributed by atoms with Gasteiger partial charge in [0.05, 0.1) is 0 Å². The highest BCUT2D eigenvalue weighted by Gasteiger charge is 2.35. The van der Waals surface area contributed by atoms with Crippen LogP contribution in [0.4, 0.5) is 0 Å². The lowest BCUT2D eigenvalue weighted by molar-refractivity contribution is 0.110. The maximum Gasteiger partial charge on any atom is 0.0309 e. The van der Waals surface area contributed by atoms with Crippen molar-refractivity contribution in [1.29, 1.82) is 0 Å². The van der Waals surface area contributed by atoms with Crippen LogP contribution in [0.3, 0.4) is 0 Å². The number of nitrogens with zero attached hydrogens (tertiary/aromatic N) is 1. The van der Waals surface area contributed by atoms with Gasteiger partial charge >= 0.3 is 0 Å². The fourth-order valence-electron chi connectivity index (χ4n) is 3.29. The zero-order chi connectivity index (χ0) is 13.9. The SMILES string of the molecule is CNC(Cc1cccc(C)c1)C(C)(C)N1CCCC1. The zero-order valence-electron chi connectivity index (χ0n) is 12.9. The molecule has 1 aliphatic rings. The largest absolute Gasteiger partial charge is 0.315 e. The van der Waals surface area contributed by atoms with E-state index in [0.717, 1.165) is 6.42 Å². The summed E-state index contributed by atoms with van der Waals surface area (Å²) in [6.45, 7) is 9.44. The molecule has 0 aromatic heterocycles. The molecule has 1 heterocycles. The molecular weight excluding hydrogens is 232 g/mol. The Balaban J connectivity index is 2.10. The van der Waals surface area contributed by atoms with Crippen molar-refractivity contribution in [3.8, 4) is 0 Å². The Labute approximate surface area is 118 Å². The summed E-state index contributed by atoms with van der Waals surface area (Å²) in [7, 11) is 2.10. The van der Waals surface area contributed by atoms with Crippen LogP contribution in [0.5, 0.6) is 0 Å². The smallest absolute Gasteiger partial charge is 0.0309 e. The van der Waals surface area contributed by atoms with Gasteiger partial charge in [-0.25, -0.2) is 0 Å². The van der Waals surface area contributed by atoms with E-state index in [1.165, 1.54) is 37.1 Å². The number of likely N-dealkylation sites (N-methyl/N-ethyl adjacent to an activating group) is 1. The van der Waals surface area contributed by atoms with Crippen molar-refractivity contribution in [3.63, 3.8) is 0 Å². The monoisotopic (exact) mass is 260 g/mol. The minimum Gasteiger partial charge on any atom is -0.315 e. The van der Waals surface area contributed by atoms with Crippen LogP contribution in [0.15, 0.2) is 24.3 Å². The predicted octanol–water partition coefficient (Wildman–Crippen LogP) is 3.00. The van der Waals surface area contributed by atoms with E-state index in [1.54, 1.807) is 0 Å². The lowest BCUT2D eigenvalue weighted by atomic mass is 9.87. The van der Waals surface area contributed by atoms with Crippen LogP contribution < -0.4 is 5.32 Å². The van der Waals surface area contributed by atoms with Gasteiger partial charge in [0.25, 0.3) is 0 Å². The van der Waals surface area contributed by atoms with E-state index in [4.69, 9.17) is 0 Å². The summed E-state index contributed by atoms with van der Waals surface area (Å²) in [6.07, 6.45) is 3.80. The number of likely N-dealkylation sites (tertiary alicyclic amines) is 1. The first-order valence-corrected chi connectivity index (χ1v) is 7.52. The number of hydrogen-bond acceptors (Lipinski definition) is 2. The van der Waals surface area contributed by atoms with E-state index in [2.05, 4.69) is 62.3 Å². The van der Waals surface area contributed by atoms with Crippen LogP contribution in [0.25, 0.3) is 0 Å². The number of benzene rings is 1. The maximum atomic E-state index is 3.55. The van der Waals surface area contributed by atoms with Gasteiger partial charge in [0.2, 0.25) is 0 Å². The molecule has 19 heavy (non-hydrogen) atoms. The minimum atomic E-state index is 0.217. The Hall–Kier alpha value is -0.860. The van der Waals surface area contributed by atoms with E-state index in [0.29, 0.717) is 6.04 Å². The Morgan fingerprint density at radius 1 is 1.26 bits per heavy atom. The van der Waals surface area contributed by atoms with Crippen molar-refractivity contribution < 1.29 is 0 Å². The highest BCUT2D eigenvalue weighted by molar-refractivity contribution is 5.23. The van der Waals surface area contributed by atoms with Crippen LogP contribution in [-0.4, -0.2) is 36.6 Å². The normalized spacial score (nSPS) is 18.7. The van der Waals surface area contributed by atoms with Gasteiger partial charge in [-0.3, -0.25) is 4.90 Å². The second-order valence-corrected chi connectivity index (χ2v) is 6.38. The Kier molecular flexibility index (Phi) is 4.64. The first-order chi connectivity index (χ1) is 9.04. The third-order valence-electron chi connectivity index (χ3n) is 4.64. The average Bonchev–Trinajstić information content (AvgIpc) is 2.90. The maximum absolute atomic E-state index is 3.55. The molecule has 0 saturated carbocycles. The van der Waals surface area contributed by atoms with Gasteiger partial charge in [-0.1, -0.05) is 29.8 Å². The third kappa shape index (κ3) is 3.37. The molecule has 2 nitrogen and oxygen atoms in total. The number of aryl methyl sites for hydroxylation is 1. The first kappa shape index (κ1) is 14.5. The Bertz CT molecular complexity index is 405. The van der Waals surface area contributed by atoms with Crippen molar-refractivity contribution in [2.45, 2.75) is 51.6 Å². The van der Waals surface area contributed by atoms with Crippen molar-refractivity contribution in [2.75, 3.05) is 20.1 Å². The number of rotatable bonds is 5. The summed E-state index contributed by atoms with van der Waals surface area (Å²) in [5.41, 5.74) is 3.01. The molecular formula is C17H28N2. The van der Waals surface area contributed by atoms with Gasteiger partial charge in [0, 0.05) is 11.6 Å². The van der Waals surface area contributed by atoms with Crippen molar-refractivity contribution in [3.05, 3.63) is 35.4 Å². The van der Waals surface area contributed by atoms with Crippen LogP contribution >= 0.6 is 0 Å². The molecule has 0 amide bonds. The average molecular weight is 260 g/mol.